The van der Waals surface area contributed by atoms with E-state index < -0.39 is 0 Å². The molecule has 10 heteroatoms. The Labute approximate surface area is 263 Å². The van der Waals surface area contributed by atoms with Gasteiger partial charge in [-0.05, 0) is 86.6 Å². The molecule has 4 heterocycles. The molecule has 2 aliphatic carbocycles. The van der Waals surface area contributed by atoms with Crippen molar-refractivity contribution in [2.45, 2.75) is 45.2 Å². The second kappa shape index (κ2) is 11.6. The van der Waals surface area contributed by atoms with Crippen LogP contribution < -0.4 is 11.1 Å². The highest BCUT2D eigenvalue weighted by Gasteiger charge is 2.29. The van der Waals surface area contributed by atoms with Crippen molar-refractivity contribution >= 4 is 45.5 Å². The smallest absolute Gasteiger partial charge is 0.278 e. The van der Waals surface area contributed by atoms with Crippen LogP contribution in [0.25, 0.3) is 44.8 Å². The lowest BCUT2D eigenvalue weighted by Gasteiger charge is -2.12. The van der Waals surface area contributed by atoms with Gasteiger partial charge in [-0.1, -0.05) is 47.5 Å². The van der Waals surface area contributed by atoms with Gasteiger partial charge in [0.1, 0.15) is 22.4 Å². The Bertz CT molecular complexity index is 2130. The zero-order valence-corrected chi connectivity index (χ0v) is 25.5. The molecule has 2 saturated carbocycles. The lowest BCUT2D eigenvalue weighted by Crippen LogP contribution is -2.25. The summed E-state index contributed by atoms with van der Waals surface area (Å²) in [6, 6.07) is 20.3. The quantitative estimate of drug-likeness (QED) is 0.200. The van der Waals surface area contributed by atoms with Crippen LogP contribution in [0.4, 0.5) is 0 Å². The van der Waals surface area contributed by atoms with E-state index in [-0.39, 0.29) is 17.2 Å². The van der Waals surface area contributed by atoms with Gasteiger partial charge in [-0.25, -0.2) is 19.9 Å². The Morgan fingerprint density at radius 2 is 1.34 bits per heavy atom. The minimum absolute atomic E-state index is 0.0737. The molecule has 6 aromatic rings. The average Bonchev–Trinajstić information content (AvgIpc) is 3.96. The van der Waals surface area contributed by atoms with E-state index in [4.69, 9.17) is 23.2 Å². The molecule has 8 rings (SSSR count). The molecule has 0 bridgehead atoms. The minimum atomic E-state index is -0.0829. The normalized spacial score (nSPS) is 14.4. The molecule has 44 heavy (non-hydrogen) atoms. The Balaban J connectivity index is 0.000000142. The van der Waals surface area contributed by atoms with E-state index in [0.29, 0.717) is 38.6 Å². The van der Waals surface area contributed by atoms with Crippen molar-refractivity contribution in [3.05, 3.63) is 115 Å². The molecule has 0 spiro atoms. The number of hydrogen-bond donors (Lipinski definition) is 0. The third-order valence-corrected chi connectivity index (χ3v) is 8.47. The Morgan fingerprint density at radius 1 is 0.727 bits per heavy atom. The zero-order chi connectivity index (χ0) is 30.4. The van der Waals surface area contributed by atoms with Crippen molar-refractivity contribution in [2.75, 3.05) is 0 Å². The predicted octanol–water partition coefficient (Wildman–Crippen LogP) is 7.28. The fourth-order valence-corrected chi connectivity index (χ4v) is 5.54. The molecular weight excluding hydrogens is 595 g/mol. The van der Waals surface area contributed by atoms with Crippen LogP contribution in [-0.2, 0) is 6.54 Å². The van der Waals surface area contributed by atoms with Crippen molar-refractivity contribution in [1.82, 2.24) is 29.1 Å². The van der Waals surface area contributed by atoms with Gasteiger partial charge in [0.05, 0.1) is 0 Å². The SMILES string of the molecule is Cc1ccnc2c1nc(-c1ccc(Cl)cc1)c(=O)n2C1CC1.O=c1c(-c2ccc(Cl)cc2)nc2cccnc2n1CC1CC1. The second-order valence-corrected chi connectivity index (χ2v) is 12.2. The molecule has 0 saturated heterocycles. The molecule has 2 fully saturated rings. The Kier molecular flexibility index (Phi) is 7.48. The first-order valence-electron chi connectivity index (χ1n) is 14.6. The molecule has 2 aliphatic rings. The summed E-state index contributed by atoms with van der Waals surface area (Å²) in [6.45, 7) is 2.71. The summed E-state index contributed by atoms with van der Waals surface area (Å²) in [5.41, 5.74) is 6.24. The number of fused-ring (bicyclic) bond motifs is 2. The summed E-state index contributed by atoms with van der Waals surface area (Å²) < 4.78 is 3.57. The van der Waals surface area contributed by atoms with E-state index in [2.05, 4.69) is 19.9 Å². The number of hydrogen-bond acceptors (Lipinski definition) is 6. The van der Waals surface area contributed by atoms with Crippen LogP contribution in [0.15, 0.2) is 88.7 Å². The fourth-order valence-electron chi connectivity index (χ4n) is 5.29. The number of pyridine rings is 2. The highest BCUT2D eigenvalue weighted by molar-refractivity contribution is 6.30. The van der Waals surface area contributed by atoms with Gasteiger partial charge >= 0.3 is 0 Å². The van der Waals surface area contributed by atoms with Crippen LogP contribution >= 0.6 is 23.2 Å². The maximum atomic E-state index is 12.9. The number of aryl methyl sites for hydroxylation is 1. The van der Waals surface area contributed by atoms with Gasteiger partial charge in [0.2, 0.25) is 0 Å². The maximum absolute atomic E-state index is 12.9. The number of benzene rings is 2. The molecule has 8 nitrogen and oxygen atoms in total. The molecule has 0 atom stereocenters. The minimum Gasteiger partial charge on any atom is -0.289 e. The van der Waals surface area contributed by atoms with Crippen molar-refractivity contribution < 1.29 is 0 Å². The highest BCUT2D eigenvalue weighted by Crippen LogP contribution is 2.36. The average molecular weight is 624 g/mol. The Morgan fingerprint density at radius 3 is 1.95 bits per heavy atom. The largest absolute Gasteiger partial charge is 0.289 e. The molecule has 0 N–H and O–H groups in total. The van der Waals surface area contributed by atoms with Gasteiger partial charge in [-0.2, -0.15) is 0 Å². The first kappa shape index (κ1) is 28.4. The summed E-state index contributed by atoms with van der Waals surface area (Å²) in [5.74, 6) is 0.586. The number of rotatable bonds is 5. The standard InChI is InChI=1S/2C17H14ClN3O/c1-10-8-9-19-16-14(10)20-15(11-2-4-12(18)5-3-11)17(22)21(16)13-6-7-13;18-13-7-5-12(6-8-13)15-17(22)21(10-11-3-4-11)16-14(20-15)2-1-9-19-16/h2-5,8-9,13H,6-7H2,1H3;1-2,5-9,11H,3-4,10H2. The monoisotopic (exact) mass is 622 g/mol. The molecule has 0 amide bonds. The van der Waals surface area contributed by atoms with Crippen molar-refractivity contribution in [3.8, 4) is 22.5 Å². The number of aromatic nitrogens is 6. The van der Waals surface area contributed by atoms with Crippen molar-refractivity contribution in [2.24, 2.45) is 5.92 Å². The third kappa shape index (κ3) is 5.63. The highest BCUT2D eigenvalue weighted by atomic mass is 35.5. The number of halogens is 2. The van der Waals surface area contributed by atoms with Gasteiger partial charge in [0, 0.05) is 46.2 Å². The van der Waals surface area contributed by atoms with Crippen molar-refractivity contribution in [1.29, 1.82) is 0 Å². The van der Waals surface area contributed by atoms with E-state index in [1.54, 1.807) is 45.8 Å². The summed E-state index contributed by atoms with van der Waals surface area (Å²) in [6.07, 6.45) is 7.84. The van der Waals surface area contributed by atoms with Crippen LogP contribution in [0.1, 0.15) is 37.3 Å². The van der Waals surface area contributed by atoms with E-state index in [0.717, 1.165) is 47.1 Å². The van der Waals surface area contributed by atoms with E-state index in [1.165, 1.54) is 12.8 Å². The molecule has 0 unspecified atom stereocenters. The Hall–Kier alpha value is -4.40. The van der Waals surface area contributed by atoms with Gasteiger partial charge < -0.3 is 0 Å². The zero-order valence-electron chi connectivity index (χ0n) is 24.0. The second-order valence-electron chi connectivity index (χ2n) is 11.3. The van der Waals surface area contributed by atoms with Crippen molar-refractivity contribution in [3.63, 3.8) is 0 Å². The van der Waals surface area contributed by atoms with Crippen LogP contribution in [-0.4, -0.2) is 29.1 Å². The summed E-state index contributed by atoms with van der Waals surface area (Å²) >= 11 is 11.9. The lowest BCUT2D eigenvalue weighted by molar-refractivity contribution is 0.620. The fraction of sp³-hybridized carbons (Fsp3) is 0.235. The molecule has 2 aromatic carbocycles. The van der Waals surface area contributed by atoms with Crippen LogP contribution in [0.2, 0.25) is 10.0 Å². The molecular formula is C34H28Cl2N6O2. The third-order valence-electron chi connectivity index (χ3n) is 7.97. The molecule has 4 aromatic heterocycles. The van der Waals surface area contributed by atoms with E-state index in [1.807, 2.05) is 49.4 Å². The van der Waals surface area contributed by atoms with Gasteiger partial charge in [0.15, 0.2) is 11.3 Å². The van der Waals surface area contributed by atoms with Crippen LogP contribution in [0.3, 0.4) is 0 Å². The van der Waals surface area contributed by atoms with E-state index in [9.17, 15) is 9.59 Å². The number of nitrogens with zero attached hydrogens (tertiary/aromatic N) is 6. The van der Waals surface area contributed by atoms with Crippen LogP contribution in [0.5, 0.6) is 0 Å². The molecule has 0 aliphatic heterocycles. The van der Waals surface area contributed by atoms with Crippen LogP contribution in [0, 0.1) is 12.8 Å². The summed E-state index contributed by atoms with van der Waals surface area (Å²) in [7, 11) is 0. The first-order chi connectivity index (χ1) is 21.4. The topological polar surface area (TPSA) is 95.6 Å². The molecule has 220 valence electrons. The maximum Gasteiger partial charge on any atom is 0.278 e. The summed E-state index contributed by atoms with van der Waals surface area (Å²) in [4.78, 5) is 43.6. The molecule has 0 radical (unpaired) electrons. The van der Waals surface area contributed by atoms with Gasteiger partial charge in [-0.3, -0.25) is 18.7 Å². The van der Waals surface area contributed by atoms with E-state index >= 15 is 0 Å². The first-order valence-corrected chi connectivity index (χ1v) is 15.4. The van der Waals surface area contributed by atoms with Gasteiger partial charge in [0.25, 0.3) is 11.1 Å². The summed E-state index contributed by atoms with van der Waals surface area (Å²) in [5, 5.41) is 1.29. The van der Waals surface area contributed by atoms with Gasteiger partial charge in [-0.15, -0.1) is 0 Å². The lowest BCUT2D eigenvalue weighted by atomic mass is 10.1. The predicted molar refractivity (Wildman–Crippen MR) is 174 cm³/mol.